The van der Waals surface area contributed by atoms with E-state index in [4.69, 9.17) is 19.9 Å². The Balaban J connectivity index is 1.60. The van der Waals surface area contributed by atoms with Crippen LogP contribution in [-0.4, -0.2) is 13.0 Å². The zero-order valence-electron chi connectivity index (χ0n) is 14.7. The third-order valence-corrected chi connectivity index (χ3v) is 5.41. The number of hydrogen-bond donors (Lipinski definition) is 3. The number of allylic oxidation sites excluding steroid dienone is 1. The van der Waals surface area contributed by atoms with Crippen LogP contribution < -0.4 is 26.1 Å². The number of fused-ring (bicyclic) bond motifs is 2. The first-order valence-electron chi connectivity index (χ1n) is 8.88. The molecule has 4 atom stereocenters. The van der Waals surface area contributed by atoms with E-state index in [9.17, 15) is 9.65 Å². The van der Waals surface area contributed by atoms with Gasteiger partial charge < -0.3 is 19.9 Å². The Morgan fingerprint density at radius 3 is 2.75 bits per heavy atom. The molecule has 0 aromatic heterocycles. The van der Waals surface area contributed by atoms with Gasteiger partial charge in [-0.2, -0.15) is 5.26 Å². The number of hydrogen-bond acceptors (Lipinski definition) is 7. The van der Waals surface area contributed by atoms with E-state index in [0.717, 1.165) is 5.56 Å². The van der Waals surface area contributed by atoms with Crippen molar-refractivity contribution in [1.29, 1.82) is 5.26 Å². The van der Waals surface area contributed by atoms with Crippen LogP contribution in [0.4, 0.5) is 4.39 Å². The molecule has 2 aromatic carbocycles. The van der Waals surface area contributed by atoms with E-state index in [-0.39, 0.29) is 30.5 Å². The van der Waals surface area contributed by atoms with Crippen LogP contribution in [-0.2, 0) is 4.74 Å². The number of ether oxygens (including phenoxy) is 3. The van der Waals surface area contributed by atoms with Crippen molar-refractivity contribution in [3.63, 3.8) is 0 Å². The second-order valence-electron chi connectivity index (χ2n) is 6.92. The number of halogens is 1. The average molecular weight is 380 g/mol. The predicted octanol–water partition coefficient (Wildman–Crippen LogP) is 2.15. The molecular formula is C20H17FN4O3. The minimum Gasteiger partial charge on any atom is -0.458 e. The minimum absolute atomic E-state index is 0.0543. The summed E-state index contributed by atoms with van der Waals surface area (Å²) in [6, 6.07) is 13.9. The Bertz CT molecular complexity index is 1020. The highest BCUT2D eigenvalue weighted by Gasteiger charge is 2.49. The first-order chi connectivity index (χ1) is 13.7. The highest BCUT2D eigenvalue weighted by Crippen LogP contribution is 2.48. The van der Waals surface area contributed by atoms with Gasteiger partial charge in [-0.1, -0.05) is 18.2 Å². The molecule has 1 fully saturated rings. The average Bonchev–Trinajstić information content (AvgIpc) is 3.32. The molecule has 4 unspecified atom stereocenters. The van der Waals surface area contributed by atoms with Crippen LogP contribution in [0.15, 0.2) is 53.9 Å². The van der Waals surface area contributed by atoms with Crippen molar-refractivity contribution in [3.8, 4) is 17.6 Å². The van der Waals surface area contributed by atoms with Crippen LogP contribution in [0.3, 0.4) is 0 Å². The minimum atomic E-state index is -0.471. The monoisotopic (exact) mass is 380 g/mol. The smallest absolute Gasteiger partial charge is 0.231 e. The van der Waals surface area contributed by atoms with Crippen LogP contribution in [0.1, 0.15) is 23.1 Å². The van der Waals surface area contributed by atoms with Gasteiger partial charge in [0.25, 0.3) is 0 Å². The number of nitriles is 1. The topological polar surface area (TPSA) is 102 Å². The van der Waals surface area contributed by atoms with Gasteiger partial charge in [0.2, 0.25) is 12.7 Å². The third-order valence-electron chi connectivity index (χ3n) is 5.41. The van der Waals surface area contributed by atoms with Gasteiger partial charge in [-0.05, 0) is 35.4 Å². The fraction of sp³-hybridized carbons (Fsp3) is 0.250. The molecule has 4 N–H and O–H groups in total. The van der Waals surface area contributed by atoms with Gasteiger partial charge in [-0.25, -0.2) is 15.2 Å². The number of nitrogens with one attached hydrogen (secondary N) is 2. The summed E-state index contributed by atoms with van der Waals surface area (Å²) in [6.07, 6.45) is -0.471. The van der Waals surface area contributed by atoms with E-state index < -0.39 is 12.1 Å². The SMILES string of the molecule is N#CC1=C(N)OC2NNC(c3ccc4c(c3)OCO4)C2C1c1cccc(F)c1. The van der Waals surface area contributed by atoms with Crippen molar-refractivity contribution in [2.45, 2.75) is 18.2 Å². The molecule has 7 nitrogen and oxygen atoms in total. The van der Waals surface area contributed by atoms with E-state index in [2.05, 4.69) is 16.9 Å². The van der Waals surface area contributed by atoms with Gasteiger partial charge in [0.15, 0.2) is 17.7 Å². The van der Waals surface area contributed by atoms with Gasteiger partial charge in [0.05, 0.1) is 11.6 Å². The first kappa shape index (κ1) is 16.9. The summed E-state index contributed by atoms with van der Waals surface area (Å²) in [7, 11) is 0. The van der Waals surface area contributed by atoms with Crippen LogP contribution in [0, 0.1) is 23.1 Å². The van der Waals surface area contributed by atoms with Crippen molar-refractivity contribution >= 4 is 0 Å². The third kappa shape index (κ3) is 2.56. The first-order valence-corrected chi connectivity index (χ1v) is 8.88. The lowest BCUT2D eigenvalue weighted by atomic mass is 9.74. The molecule has 0 saturated carbocycles. The molecule has 0 spiro atoms. The van der Waals surface area contributed by atoms with Crippen LogP contribution in [0.2, 0.25) is 0 Å². The van der Waals surface area contributed by atoms with Gasteiger partial charge >= 0.3 is 0 Å². The Kier molecular flexibility index (Phi) is 3.86. The largest absolute Gasteiger partial charge is 0.458 e. The lowest BCUT2D eigenvalue weighted by molar-refractivity contribution is 0.0340. The molecule has 5 rings (SSSR count). The molecule has 0 amide bonds. The quantitative estimate of drug-likeness (QED) is 0.734. The Labute approximate surface area is 160 Å². The van der Waals surface area contributed by atoms with E-state index >= 15 is 0 Å². The molecule has 0 bridgehead atoms. The summed E-state index contributed by atoms with van der Waals surface area (Å²) in [5.74, 6) is 0.377. The molecule has 3 aliphatic heterocycles. The number of hydrazine groups is 1. The number of benzene rings is 2. The maximum Gasteiger partial charge on any atom is 0.231 e. The summed E-state index contributed by atoms with van der Waals surface area (Å²) in [4.78, 5) is 0. The van der Waals surface area contributed by atoms with Gasteiger partial charge in [0.1, 0.15) is 11.9 Å². The molecule has 0 aliphatic carbocycles. The summed E-state index contributed by atoms with van der Waals surface area (Å²) in [6.45, 7) is 0.189. The molecule has 8 heteroatoms. The van der Waals surface area contributed by atoms with Crippen molar-refractivity contribution in [1.82, 2.24) is 10.9 Å². The summed E-state index contributed by atoms with van der Waals surface area (Å²) < 4.78 is 30.6. The second-order valence-corrected chi connectivity index (χ2v) is 6.92. The van der Waals surface area contributed by atoms with E-state index in [1.165, 1.54) is 12.1 Å². The van der Waals surface area contributed by atoms with Gasteiger partial charge in [-0.15, -0.1) is 0 Å². The molecule has 3 heterocycles. The zero-order valence-corrected chi connectivity index (χ0v) is 14.7. The molecule has 142 valence electrons. The van der Waals surface area contributed by atoms with Crippen LogP contribution in [0.5, 0.6) is 11.5 Å². The lowest BCUT2D eigenvalue weighted by Gasteiger charge is -2.36. The lowest BCUT2D eigenvalue weighted by Crippen LogP contribution is -2.41. The van der Waals surface area contributed by atoms with Crippen molar-refractivity contribution in [2.24, 2.45) is 11.7 Å². The highest BCUT2D eigenvalue weighted by molar-refractivity contribution is 5.47. The molecule has 3 aliphatic rings. The van der Waals surface area contributed by atoms with E-state index in [0.29, 0.717) is 22.6 Å². The summed E-state index contributed by atoms with van der Waals surface area (Å²) in [5.41, 5.74) is 14.2. The molecule has 2 aromatic rings. The zero-order chi connectivity index (χ0) is 19.3. The summed E-state index contributed by atoms with van der Waals surface area (Å²) in [5, 5.41) is 9.73. The van der Waals surface area contributed by atoms with Crippen molar-refractivity contribution < 1.29 is 18.6 Å². The fourth-order valence-corrected chi connectivity index (χ4v) is 4.19. The Hall–Kier alpha value is -3.28. The van der Waals surface area contributed by atoms with E-state index in [1.807, 2.05) is 18.2 Å². The Morgan fingerprint density at radius 1 is 1.07 bits per heavy atom. The number of nitrogens with zero attached hydrogens (tertiary/aromatic N) is 1. The number of rotatable bonds is 2. The second kappa shape index (κ2) is 6.41. The standard InChI is InChI=1S/C20H17FN4O3/c21-12-3-1-2-10(6-12)16-13(8-22)19(23)28-20-17(16)18(24-25-20)11-4-5-14-15(7-11)27-9-26-14/h1-7,16-18,20,24-25H,9,23H2. The molecule has 28 heavy (non-hydrogen) atoms. The van der Waals surface area contributed by atoms with Gasteiger partial charge in [0, 0.05) is 11.8 Å². The molecule has 1 saturated heterocycles. The molecular weight excluding hydrogens is 363 g/mol. The maximum absolute atomic E-state index is 13.9. The highest BCUT2D eigenvalue weighted by atomic mass is 19.1. The Morgan fingerprint density at radius 2 is 1.93 bits per heavy atom. The van der Waals surface area contributed by atoms with Gasteiger partial charge in [-0.3, -0.25) is 0 Å². The fourth-order valence-electron chi connectivity index (χ4n) is 4.19. The summed E-state index contributed by atoms with van der Waals surface area (Å²) >= 11 is 0. The predicted molar refractivity (Wildman–Crippen MR) is 95.9 cm³/mol. The van der Waals surface area contributed by atoms with Crippen molar-refractivity contribution in [3.05, 3.63) is 70.9 Å². The normalized spacial score (nSPS) is 27.9. The maximum atomic E-state index is 13.9. The van der Waals surface area contributed by atoms with Crippen LogP contribution in [0.25, 0.3) is 0 Å². The molecule has 0 radical (unpaired) electrons. The van der Waals surface area contributed by atoms with Crippen molar-refractivity contribution in [2.75, 3.05) is 6.79 Å². The number of nitrogens with two attached hydrogens (primary N) is 1. The van der Waals surface area contributed by atoms with E-state index in [1.54, 1.807) is 12.1 Å². The van der Waals surface area contributed by atoms with Crippen LogP contribution >= 0.6 is 0 Å².